The van der Waals surface area contributed by atoms with E-state index in [0.29, 0.717) is 10.9 Å². The molecule has 7 nitrogen and oxygen atoms in total. The molecule has 10 radical (unpaired) electrons. The monoisotopic (exact) mass is 483 g/mol. The third-order valence-electron chi connectivity index (χ3n) is 4.58. The van der Waals surface area contributed by atoms with Crippen LogP contribution in [-0.4, -0.2) is 34.9 Å². The van der Waals surface area contributed by atoms with Crippen LogP contribution in [0.2, 0.25) is 0 Å². The fourth-order valence-corrected chi connectivity index (χ4v) is 3.16. The van der Waals surface area contributed by atoms with Crippen LogP contribution in [0.15, 0.2) is 28.2 Å². The van der Waals surface area contributed by atoms with Crippen molar-refractivity contribution < 1.29 is 27.3 Å². The molecule has 0 aliphatic heterocycles. The number of aliphatic imine (C=N–C) groups is 2. The summed E-state index contributed by atoms with van der Waals surface area (Å²) >= 11 is 0. The smallest absolute Gasteiger partial charge is 0.862 e. The summed E-state index contributed by atoms with van der Waals surface area (Å²) in [6.45, 7) is 6.34. The fraction of sp³-hybridized carbons (Fsp3) is 0.200. The zero-order chi connectivity index (χ0) is 22.9. The Kier molecular flexibility index (Phi) is 11.1. The number of hydrogen-bond acceptors (Lipinski definition) is 7. The van der Waals surface area contributed by atoms with E-state index >= 15 is 0 Å². The molecule has 1 aromatic carbocycles. The van der Waals surface area contributed by atoms with E-state index in [2.05, 4.69) is 44.6 Å². The summed E-state index contributed by atoms with van der Waals surface area (Å²) < 4.78 is 0. The Morgan fingerprint density at radius 3 is 2.03 bits per heavy atom. The van der Waals surface area contributed by atoms with Gasteiger partial charge in [-0.05, 0) is 109 Å². The maximum absolute atomic E-state index is 11.5. The summed E-state index contributed by atoms with van der Waals surface area (Å²) in [5, 5.41) is 23.5. The van der Waals surface area contributed by atoms with Gasteiger partial charge < -0.3 is 15.1 Å². The van der Waals surface area contributed by atoms with Gasteiger partial charge in [0.1, 0.15) is 0 Å². The second-order valence-corrected chi connectivity index (χ2v) is 7.08. The zero-order valence-corrected chi connectivity index (χ0v) is 19.9. The van der Waals surface area contributed by atoms with Crippen molar-refractivity contribution in [3.05, 3.63) is 81.9 Å². The zero-order valence-electron chi connectivity index (χ0n) is 18.7. The van der Waals surface area contributed by atoms with Crippen LogP contribution in [0.25, 0.3) is 10.9 Å². The number of fused-ring (bicyclic) bond motifs is 1. The van der Waals surface area contributed by atoms with Crippen molar-refractivity contribution in [1.82, 2.24) is 9.97 Å². The van der Waals surface area contributed by atoms with E-state index in [1.807, 2.05) is 63.1 Å². The molecule has 2 fully saturated rings. The Morgan fingerprint density at radius 1 is 0.879 bits per heavy atom. The van der Waals surface area contributed by atoms with E-state index in [0.717, 1.165) is 18.8 Å². The van der Waals surface area contributed by atoms with Crippen LogP contribution in [0.1, 0.15) is 20.8 Å². The Balaban J connectivity index is 0.000000568. The third kappa shape index (κ3) is 8.27. The predicted molar refractivity (Wildman–Crippen MR) is 125 cm³/mol. The molecule has 2 saturated carbocycles. The molecule has 2 aliphatic carbocycles. The first-order valence-corrected chi connectivity index (χ1v) is 10.3. The molecule has 2 aromatic rings. The molecular formula is C25H25FeN5O2. The largest absolute Gasteiger partial charge is 2.00 e. The molecule has 0 bridgehead atoms. The molecule has 0 unspecified atom stereocenters. The molecule has 4 rings (SSSR count). The summed E-state index contributed by atoms with van der Waals surface area (Å²) in [6, 6.07) is 5.70. The molecule has 0 saturated heterocycles. The van der Waals surface area contributed by atoms with Crippen LogP contribution in [0.3, 0.4) is 0 Å². The second kappa shape index (κ2) is 13.5. The average molecular weight is 483 g/mol. The Bertz CT molecular complexity index is 938. The minimum Gasteiger partial charge on any atom is -0.862 e. The van der Waals surface area contributed by atoms with Crippen LogP contribution in [-0.2, 0) is 17.1 Å². The number of aromatic nitrogens is 2. The predicted octanol–water partition coefficient (Wildman–Crippen LogP) is 2.70. The molecule has 1 aromatic heterocycles. The van der Waals surface area contributed by atoms with Gasteiger partial charge in [-0.3, -0.25) is 0 Å². The molecule has 0 N–H and O–H groups in total. The second-order valence-electron chi connectivity index (χ2n) is 7.08. The van der Waals surface area contributed by atoms with Gasteiger partial charge >= 0.3 is 17.1 Å². The number of hydrogen-bond donors (Lipinski definition) is 0. The summed E-state index contributed by atoms with van der Waals surface area (Å²) in [6.07, 6.45) is 18.2. The van der Waals surface area contributed by atoms with Crippen molar-refractivity contribution >= 4 is 40.2 Å². The van der Waals surface area contributed by atoms with E-state index in [1.165, 1.54) is 19.8 Å². The van der Waals surface area contributed by atoms with E-state index in [-0.39, 0.29) is 34.7 Å². The minimum atomic E-state index is -0.411. The standard InChI is InChI=1S/C20H22N5O2.C5H5.Fe/c1-4-25(12-15-7-5-6-8-15)16-9-10-18-17(11-16)19(21-13(2)26)24-20(23-18)22-14(3)27;1-2-4-5-3-1;/h5-11H,4,12H2,1-3H3,(H2,21,22,23,24,26,27);1-5H;/q;;+2/p-2. The van der Waals surface area contributed by atoms with Gasteiger partial charge in [0.25, 0.3) is 5.95 Å². The normalized spacial score (nSPS) is 16.9. The van der Waals surface area contributed by atoms with E-state index in [9.17, 15) is 10.2 Å². The fourth-order valence-electron chi connectivity index (χ4n) is 3.16. The molecular weight excluding hydrogens is 458 g/mol. The molecule has 0 atom stereocenters. The van der Waals surface area contributed by atoms with Crippen molar-refractivity contribution in [2.45, 2.75) is 20.8 Å². The molecule has 2 aliphatic rings. The number of anilines is 1. The number of benzene rings is 1. The summed E-state index contributed by atoms with van der Waals surface area (Å²) in [4.78, 5) is 18.4. The van der Waals surface area contributed by atoms with Gasteiger partial charge in [-0.1, -0.05) is 0 Å². The molecule has 0 amide bonds. The number of rotatable bonds is 6. The SMILES string of the molecule is CCN(C[C]1[CH][CH][CH][CH]1)c1ccc2nc(/N=C(/C)[O-])nc(N=C(C)[O-])c2c1.[CH]1[CH][CH][CH][CH]1.[Fe+2]. The van der Waals surface area contributed by atoms with Gasteiger partial charge in [0.15, 0.2) is 5.82 Å². The van der Waals surface area contributed by atoms with Crippen molar-refractivity contribution in [3.63, 3.8) is 0 Å². The van der Waals surface area contributed by atoms with Gasteiger partial charge in [0.05, 0.1) is 5.52 Å². The van der Waals surface area contributed by atoms with Gasteiger partial charge in [0, 0.05) is 30.1 Å². The Labute approximate surface area is 207 Å². The summed E-state index contributed by atoms with van der Waals surface area (Å²) in [5.41, 5.74) is 1.56. The van der Waals surface area contributed by atoms with Crippen molar-refractivity contribution in [1.29, 1.82) is 0 Å². The Morgan fingerprint density at radius 2 is 1.48 bits per heavy atom. The molecule has 170 valence electrons. The quantitative estimate of drug-likeness (QED) is 0.358. The first kappa shape index (κ1) is 27.1. The summed E-state index contributed by atoms with van der Waals surface area (Å²) in [7, 11) is 0. The Hall–Kier alpha value is -2.18. The third-order valence-corrected chi connectivity index (χ3v) is 4.58. The molecule has 33 heavy (non-hydrogen) atoms. The molecule has 1 heterocycles. The van der Waals surface area contributed by atoms with Crippen LogP contribution in [0.4, 0.5) is 17.5 Å². The first-order chi connectivity index (χ1) is 15.5. The topological polar surface area (TPSA) is 99.9 Å². The van der Waals surface area contributed by atoms with Gasteiger partial charge in [-0.25, -0.2) is 15.0 Å². The van der Waals surface area contributed by atoms with Crippen LogP contribution < -0.4 is 15.1 Å². The molecule has 0 spiro atoms. The van der Waals surface area contributed by atoms with E-state index in [4.69, 9.17) is 0 Å². The van der Waals surface area contributed by atoms with E-state index in [1.54, 1.807) is 0 Å². The molecule has 8 heteroatoms. The van der Waals surface area contributed by atoms with Crippen LogP contribution >= 0.6 is 0 Å². The van der Waals surface area contributed by atoms with Crippen molar-refractivity contribution in [2.75, 3.05) is 18.0 Å². The van der Waals surface area contributed by atoms with Crippen LogP contribution in [0, 0.1) is 63.7 Å². The van der Waals surface area contributed by atoms with Gasteiger partial charge in [0.2, 0.25) is 0 Å². The number of nitrogens with zero attached hydrogens (tertiary/aromatic N) is 5. The minimum absolute atomic E-state index is 0. The van der Waals surface area contributed by atoms with Crippen molar-refractivity contribution in [2.24, 2.45) is 9.98 Å². The van der Waals surface area contributed by atoms with Crippen LogP contribution in [0.5, 0.6) is 0 Å². The maximum atomic E-state index is 11.5. The van der Waals surface area contributed by atoms with Gasteiger partial charge in [-0.2, -0.15) is 4.98 Å². The van der Waals surface area contributed by atoms with Gasteiger partial charge in [-0.15, -0.1) is 0 Å². The van der Waals surface area contributed by atoms with Crippen molar-refractivity contribution in [3.8, 4) is 0 Å². The maximum Gasteiger partial charge on any atom is 2.00 e. The van der Waals surface area contributed by atoms with E-state index < -0.39 is 5.90 Å². The summed E-state index contributed by atoms with van der Waals surface area (Å²) in [5.74, 6) is 0.660. The first-order valence-electron chi connectivity index (χ1n) is 10.3. The average Bonchev–Trinajstić information content (AvgIpc) is 3.48.